The zero-order chi connectivity index (χ0) is 8.10. The van der Waals surface area contributed by atoms with E-state index in [1.54, 1.807) is 6.39 Å². The second-order valence-corrected chi connectivity index (χ2v) is 2.72. The fraction of sp³-hybridized carbons (Fsp3) is 0.667. The summed E-state index contributed by atoms with van der Waals surface area (Å²) in [6.07, 6.45) is 5.90. The summed E-state index contributed by atoms with van der Waals surface area (Å²) in [4.78, 5) is 4.16. The van der Waals surface area contributed by atoms with Gasteiger partial charge >= 0.3 is 0 Å². The molecule has 62 valence electrons. The van der Waals surface area contributed by atoms with Crippen LogP contribution in [0.2, 0.25) is 0 Å². The summed E-state index contributed by atoms with van der Waals surface area (Å²) >= 11 is 0. The number of rotatable bonds is 4. The number of hydrogen-bond acceptors (Lipinski definition) is 2. The van der Waals surface area contributed by atoms with Gasteiger partial charge < -0.3 is 4.42 Å². The summed E-state index contributed by atoms with van der Waals surface area (Å²) in [5.41, 5.74) is 1.15. The van der Waals surface area contributed by atoms with Gasteiger partial charge in [-0.15, -0.1) is 0 Å². The van der Waals surface area contributed by atoms with Gasteiger partial charge in [0.2, 0.25) is 0 Å². The standard InChI is InChI=1S/C9H15NO/c1-3-5-8-9(6-4-2)11-7-10-8/h7H,3-6H2,1-2H3. The largest absolute Gasteiger partial charge is 0.448 e. The normalized spacial score (nSPS) is 10.4. The highest BCUT2D eigenvalue weighted by atomic mass is 16.3. The van der Waals surface area contributed by atoms with Crippen molar-refractivity contribution in [1.29, 1.82) is 0 Å². The molecule has 0 amide bonds. The van der Waals surface area contributed by atoms with E-state index in [1.165, 1.54) is 0 Å². The molecule has 1 aromatic heterocycles. The lowest BCUT2D eigenvalue weighted by Gasteiger charge is -1.95. The second-order valence-electron chi connectivity index (χ2n) is 2.72. The first-order valence-electron chi connectivity index (χ1n) is 4.29. The Kier molecular flexibility index (Phi) is 3.14. The lowest BCUT2D eigenvalue weighted by molar-refractivity contribution is 0.497. The van der Waals surface area contributed by atoms with Crippen LogP contribution in [0.4, 0.5) is 0 Å². The van der Waals surface area contributed by atoms with Crippen molar-refractivity contribution in [2.45, 2.75) is 39.5 Å². The van der Waals surface area contributed by atoms with E-state index in [0.29, 0.717) is 0 Å². The number of aryl methyl sites for hydroxylation is 2. The van der Waals surface area contributed by atoms with Gasteiger partial charge in [0.15, 0.2) is 6.39 Å². The SMILES string of the molecule is CCCc1ncoc1CCC. The van der Waals surface area contributed by atoms with Gasteiger partial charge in [-0.2, -0.15) is 0 Å². The molecule has 0 aliphatic rings. The Labute approximate surface area is 67.6 Å². The summed E-state index contributed by atoms with van der Waals surface area (Å²) in [5.74, 6) is 1.08. The van der Waals surface area contributed by atoms with E-state index in [4.69, 9.17) is 4.42 Å². The zero-order valence-corrected chi connectivity index (χ0v) is 7.26. The maximum absolute atomic E-state index is 5.25. The summed E-state index contributed by atoms with van der Waals surface area (Å²) in [6, 6.07) is 0. The Bertz CT molecular complexity index is 185. The zero-order valence-electron chi connectivity index (χ0n) is 7.26. The Morgan fingerprint density at radius 3 is 2.64 bits per heavy atom. The predicted octanol–water partition coefficient (Wildman–Crippen LogP) is 2.58. The number of hydrogen-bond donors (Lipinski definition) is 0. The molecule has 11 heavy (non-hydrogen) atoms. The Morgan fingerprint density at radius 1 is 1.27 bits per heavy atom. The van der Waals surface area contributed by atoms with Crippen molar-refractivity contribution in [3.05, 3.63) is 17.8 Å². The molecule has 1 heterocycles. The van der Waals surface area contributed by atoms with Gasteiger partial charge in [-0.1, -0.05) is 20.3 Å². The van der Waals surface area contributed by atoms with E-state index in [-0.39, 0.29) is 0 Å². The predicted molar refractivity (Wildman–Crippen MR) is 44.5 cm³/mol. The summed E-state index contributed by atoms with van der Waals surface area (Å²) < 4.78 is 5.25. The van der Waals surface area contributed by atoms with Gasteiger partial charge in [0.25, 0.3) is 0 Å². The molecule has 2 heteroatoms. The average molecular weight is 153 g/mol. The van der Waals surface area contributed by atoms with E-state index < -0.39 is 0 Å². The number of nitrogens with zero attached hydrogens (tertiary/aromatic N) is 1. The lowest BCUT2D eigenvalue weighted by atomic mass is 10.1. The molecule has 0 aromatic carbocycles. The van der Waals surface area contributed by atoms with Crippen LogP contribution >= 0.6 is 0 Å². The summed E-state index contributed by atoms with van der Waals surface area (Å²) in [5, 5.41) is 0. The van der Waals surface area contributed by atoms with Crippen LogP contribution in [0, 0.1) is 0 Å². The number of aromatic nitrogens is 1. The van der Waals surface area contributed by atoms with Gasteiger partial charge in [-0.3, -0.25) is 0 Å². The molecule has 0 fully saturated rings. The van der Waals surface area contributed by atoms with Crippen molar-refractivity contribution < 1.29 is 4.42 Å². The fourth-order valence-electron chi connectivity index (χ4n) is 1.16. The number of oxazole rings is 1. The third kappa shape index (κ3) is 2.07. The van der Waals surface area contributed by atoms with Gasteiger partial charge in [0, 0.05) is 6.42 Å². The summed E-state index contributed by atoms with van der Waals surface area (Å²) in [6.45, 7) is 4.31. The van der Waals surface area contributed by atoms with Crippen LogP contribution < -0.4 is 0 Å². The van der Waals surface area contributed by atoms with Crippen LogP contribution in [0.3, 0.4) is 0 Å². The molecule has 0 atom stereocenters. The van der Waals surface area contributed by atoms with Crippen LogP contribution in [0.1, 0.15) is 38.1 Å². The highest BCUT2D eigenvalue weighted by Gasteiger charge is 2.04. The third-order valence-electron chi connectivity index (χ3n) is 1.69. The molecule has 0 saturated carbocycles. The van der Waals surface area contributed by atoms with Crippen molar-refractivity contribution in [2.24, 2.45) is 0 Å². The van der Waals surface area contributed by atoms with Crippen molar-refractivity contribution >= 4 is 0 Å². The maximum Gasteiger partial charge on any atom is 0.181 e. The summed E-state index contributed by atoms with van der Waals surface area (Å²) in [7, 11) is 0. The monoisotopic (exact) mass is 153 g/mol. The molecule has 2 nitrogen and oxygen atoms in total. The molecule has 0 spiro atoms. The van der Waals surface area contributed by atoms with Crippen molar-refractivity contribution in [3.63, 3.8) is 0 Å². The molecule has 0 bridgehead atoms. The molecular formula is C9H15NO. The van der Waals surface area contributed by atoms with E-state index in [0.717, 1.165) is 37.1 Å². The first-order chi connectivity index (χ1) is 5.38. The fourth-order valence-corrected chi connectivity index (χ4v) is 1.16. The first kappa shape index (κ1) is 8.31. The molecule has 0 radical (unpaired) electrons. The van der Waals surface area contributed by atoms with Crippen molar-refractivity contribution in [1.82, 2.24) is 4.98 Å². The van der Waals surface area contributed by atoms with Crippen molar-refractivity contribution in [2.75, 3.05) is 0 Å². The molecule has 0 saturated heterocycles. The van der Waals surface area contributed by atoms with Crippen LogP contribution in [0.15, 0.2) is 10.8 Å². The maximum atomic E-state index is 5.25. The molecule has 0 aliphatic carbocycles. The highest BCUT2D eigenvalue weighted by Crippen LogP contribution is 2.10. The molecule has 0 aliphatic heterocycles. The molecule has 1 aromatic rings. The Morgan fingerprint density at radius 2 is 2.00 bits per heavy atom. The third-order valence-corrected chi connectivity index (χ3v) is 1.69. The van der Waals surface area contributed by atoms with Crippen molar-refractivity contribution in [3.8, 4) is 0 Å². The quantitative estimate of drug-likeness (QED) is 0.664. The Hall–Kier alpha value is -0.790. The van der Waals surface area contributed by atoms with Gasteiger partial charge in [0.1, 0.15) is 5.76 Å². The van der Waals surface area contributed by atoms with Gasteiger partial charge in [-0.25, -0.2) is 4.98 Å². The second kappa shape index (κ2) is 4.16. The van der Waals surface area contributed by atoms with Crippen LogP contribution in [0.5, 0.6) is 0 Å². The van der Waals surface area contributed by atoms with E-state index in [1.807, 2.05) is 0 Å². The minimum Gasteiger partial charge on any atom is -0.448 e. The first-order valence-corrected chi connectivity index (χ1v) is 4.29. The van der Waals surface area contributed by atoms with E-state index in [2.05, 4.69) is 18.8 Å². The smallest absolute Gasteiger partial charge is 0.181 e. The van der Waals surface area contributed by atoms with Crippen LogP contribution in [0.25, 0.3) is 0 Å². The minimum absolute atomic E-state index is 1.02. The molecule has 0 unspecified atom stereocenters. The van der Waals surface area contributed by atoms with Crippen LogP contribution in [-0.4, -0.2) is 4.98 Å². The highest BCUT2D eigenvalue weighted by molar-refractivity contribution is 5.07. The minimum atomic E-state index is 1.02. The van der Waals surface area contributed by atoms with Gasteiger partial charge in [0.05, 0.1) is 5.69 Å². The molecular weight excluding hydrogens is 138 g/mol. The van der Waals surface area contributed by atoms with Gasteiger partial charge in [-0.05, 0) is 12.8 Å². The van der Waals surface area contributed by atoms with E-state index in [9.17, 15) is 0 Å². The van der Waals surface area contributed by atoms with E-state index >= 15 is 0 Å². The molecule has 0 N–H and O–H groups in total. The topological polar surface area (TPSA) is 26.0 Å². The molecule has 1 rings (SSSR count). The Balaban J connectivity index is 2.62. The average Bonchev–Trinajstić information content (AvgIpc) is 2.39. The van der Waals surface area contributed by atoms with Crippen LogP contribution in [-0.2, 0) is 12.8 Å². The lowest BCUT2D eigenvalue weighted by Crippen LogP contribution is -1.90.